The molecule has 0 heterocycles. The first-order valence-corrected chi connectivity index (χ1v) is 6.69. The Morgan fingerprint density at radius 3 is 2.27 bits per heavy atom. The zero-order chi connectivity index (χ0) is 12.1. The Hall–Kier alpha value is -0.170. The normalized spacial score (nSPS) is 14.9. The van der Waals surface area contributed by atoms with Gasteiger partial charge in [0.05, 0.1) is 0 Å². The van der Waals surface area contributed by atoms with E-state index in [9.17, 15) is 8.42 Å². The van der Waals surface area contributed by atoms with Crippen molar-refractivity contribution in [3.63, 3.8) is 0 Å². The maximum Gasteiger partial charge on any atom is 0.279 e. The van der Waals surface area contributed by atoms with E-state index in [1.165, 1.54) is 4.31 Å². The average Bonchev–Trinajstić information content (AvgIpc) is 2.10. The van der Waals surface area contributed by atoms with E-state index in [1.54, 1.807) is 7.05 Å². The van der Waals surface area contributed by atoms with E-state index < -0.39 is 10.2 Å². The Morgan fingerprint density at radius 2 is 1.87 bits per heavy atom. The summed E-state index contributed by atoms with van der Waals surface area (Å²) in [5.41, 5.74) is 5.56. The second-order valence-electron chi connectivity index (χ2n) is 4.13. The molecule has 0 rings (SSSR count). The summed E-state index contributed by atoms with van der Waals surface area (Å²) >= 11 is 0. The zero-order valence-electron chi connectivity index (χ0n) is 10.0. The quantitative estimate of drug-likeness (QED) is 0.625. The fourth-order valence-corrected chi connectivity index (χ4v) is 2.17. The van der Waals surface area contributed by atoms with Crippen molar-refractivity contribution in [2.24, 2.45) is 5.73 Å². The molecule has 0 bridgehead atoms. The van der Waals surface area contributed by atoms with E-state index in [0.717, 1.165) is 12.8 Å². The van der Waals surface area contributed by atoms with Crippen LogP contribution in [0.2, 0.25) is 0 Å². The van der Waals surface area contributed by atoms with E-state index >= 15 is 0 Å². The summed E-state index contributed by atoms with van der Waals surface area (Å²) in [6.45, 7) is 6.03. The SMILES string of the molecule is CC(N)CCCNS(=O)(=O)N(C)C(C)C. The Balaban J connectivity index is 3.95. The van der Waals surface area contributed by atoms with Gasteiger partial charge in [-0.05, 0) is 33.6 Å². The lowest BCUT2D eigenvalue weighted by molar-refractivity contribution is 0.401. The molecule has 0 saturated heterocycles. The van der Waals surface area contributed by atoms with Crippen LogP contribution in [0.25, 0.3) is 0 Å². The van der Waals surface area contributed by atoms with Gasteiger partial charge in [-0.1, -0.05) is 0 Å². The summed E-state index contributed by atoms with van der Waals surface area (Å²) in [6.07, 6.45) is 1.59. The van der Waals surface area contributed by atoms with Gasteiger partial charge in [-0.15, -0.1) is 0 Å². The van der Waals surface area contributed by atoms with Gasteiger partial charge < -0.3 is 5.73 Å². The maximum atomic E-state index is 11.6. The summed E-state index contributed by atoms with van der Waals surface area (Å²) in [4.78, 5) is 0. The fourth-order valence-electron chi connectivity index (χ4n) is 1.00. The largest absolute Gasteiger partial charge is 0.328 e. The van der Waals surface area contributed by atoms with Gasteiger partial charge in [-0.3, -0.25) is 0 Å². The summed E-state index contributed by atoms with van der Waals surface area (Å²) in [5.74, 6) is 0. The average molecular weight is 237 g/mol. The highest BCUT2D eigenvalue weighted by Gasteiger charge is 2.19. The minimum atomic E-state index is -3.31. The van der Waals surface area contributed by atoms with Crippen molar-refractivity contribution >= 4 is 10.2 Å². The molecule has 0 aliphatic heterocycles. The lowest BCUT2D eigenvalue weighted by atomic mass is 10.2. The standard InChI is InChI=1S/C9H23N3O2S/c1-8(2)12(4)15(13,14)11-7-5-6-9(3)10/h8-9,11H,5-7,10H2,1-4H3. The first kappa shape index (κ1) is 14.8. The molecule has 3 N–H and O–H groups in total. The van der Waals surface area contributed by atoms with Gasteiger partial charge in [0, 0.05) is 25.7 Å². The summed E-state index contributed by atoms with van der Waals surface area (Å²) in [7, 11) is -1.75. The van der Waals surface area contributed by atoms with Crippen LogP contribution >= 0.6 is 0 Å². The smallest absolute Gasteiger partial charge is 0.279 e. The monoisotopic (exact) mass is 237 g/mol. The van der Waals surface area contributed by atoms with E-state index in [0.29, 0.717) is 6.54 Å². The van der Waals surface area contributed by atoms with Crippen LogP contribution in [-0.2, 0) is 10.2 Å². The molecule has 0 aromatic heterocycles. The van der Waals surface area contributed by atoms with E-state index in [2.05, 4.69) is 4.72 Å². The van der Waals surface area contributed by atoms with Crippen molar-refractivity contribution in [3.8, 4) is 0 Å². The second kappa shape index (κ2) is 6.42. The van der Waals surface area contributed by atoms with Crippen molar-refractivity contribution in [1.82, 2.24) is 9.03 Å². The van der Waals surface area contributed by atoms with Gasteiger partial charge in [-0.2, -0.15) is 12.7 Å². The molecule has 0 aliphatic rings. The van der Waals surface area contributed by atoms with Crippen LogP contribution in [0.3, 0.4) is 0 Å². The van der Waals surface area contributed by atoms with Crippen LogP contribution in [-0.4, -0.2) is 38.4 Å². The summed E-state index contributed by atoms with van der Waals surface area (Å²) < 4.78 is 27.1. The zero-order valence-corrected chi connectivity index (χ0v) is 10.8. The Labute approximate surface area is 93.2 Å². The molecule has 0 amide bonds. The Kier molecular flexibility index (Phi) is 6.35. The number of rotatable bonds is 7. The van der Waals surface area contributed by atoms with Crippen LogP contribution in [0.4, 0.5) is 0 Å². The number of hydrogen-bond donors (Lipinski definition) is 2. The molecule has 0 aliphatic carbocycles. The molecule has 0 aromatic rings. The van der Waals surface area contributed by atoms with Crippen molar-refractivity contribution in [1.29, 1.82) is 0 Å². The molecular formula is C9H23N3O2S. The number of nitrogens with two attached hydrogens (primary N) is 1. The van der Waals surface area contributed by atoms with Gasteiger partial charge in [0.25, 0.3) is 10.2 Å². The molecule has 0 saturated carbocycles. The van der Waals surface area contributed by atoms with Crippen molar-refractivity contribution in [2.45, 2.75) is 45.7 Å². The van der Waals surface area contributed by atoms with Crippen LogP contribution < -0.4 is 10.5 Å². The first-order valence-electron chi connectivity index (χ1n) is 5.25. The molecular weight excluding hydrogens is 214 g/mol. The first-order chi connectivity index (χ1) is 6.77. The topological polar surface area (TPSA) is 75.4 Å². The minimum Gasteiger partial charge on any atom is -0.328 e. The van der Waals surface area contributed by atoms with Crippen LogP contribution in [0.5, 0.6) is 0 Å². The third-order valence-corrected chi connectivity index (χ3v) is 3.98. The highest BCUT2D eigenvalue weighted by Crippen LogP contribution is 2.01. The molecule has 15 heavy (non-hydrogen) atoms. The van der Waals surface area contributed by atoms with Gasteiger partial charge in [0.15, 0.2) is 0 Å². The fraction of sp³-hybridized carbons (Fsp3) is 1.00. The molecule has 0 aromatic carbocycles. The van der Waals surface area contributed by atoms with E-state index in [4.69, 9.17) is 5.73 Å². The third-order valence-electron chi connectivity index (χ3n) is 2.23. The third kappa shape index (κ3) is 6.09. The van der Waals surface area contributed by atoms with Crippen LogP contribution in [0.15, 0.2) is 0 Å². The van der Waals surface area contributed by atoms with Gasteiger partial charge in [0.2, 0.25) is 0 Å². The van der Waals surface area contributed by atoms with E-state index in [-0.39, 0.29) is 12.1 Å². The lowest BCUT2D eigenvalue weighted by Gasteiger charge is -2.21. The second-order valence-corrected chi connectivity index (χ2v) is 5.94. The molecule has 5 nitrogen and oxygen atoms in total. The lowest BCUT2D eigenvalue weighted by Crippen LogP contribution is -2.42. The molecule has 0 radical (unpaired) electrons. The minimum absolute atomic E-state index is 0.0315. The molecule has 0 spiro atoms. The van der Waals surface area contributed by atoms with Crippen molar-refractivity contribution in [3.05, 3.63) is 0 Å². The molecule has 92 valence electrons. The summed E-state index contributed by atoms with van der Waals surface area (Å²) in [5, 5.41) is 0. The van der Waals surface area contributed by atoms with Gasteiger partial charge in [-0.25, -0.2) is 4.72 Å². The number of nitrogens with zero attached hydrogens (tertiary/aromatic N) is 1. The molecule has 0 fully saturated rings. The van der Waals surface area contributed by atoms with Crippen LogP contribution in [0, 0.1) is 0 Å². The molecule has 6 heteroatoms. The van der Waals surface area contributed by atoms with Crippen LogP contribution in [0.1, 0.15) is 33.6 Å². The number of nitrogens with one attached hydrogen (secondary N) is 1. The number of hydrogen-bond acceptors (Lipinski definition) is 3. The highest BCUT2D eigenvalue weighted by atomic mass is 32.2. The predicted octanol–water partition coefficient (Wildman–Crippen LogP) is 0.288. The molecule has 1 atom stereocenters. The van der Waals surface area contributed by atoms with Crippen molar-refractivity contribution in [2.75, 3.05) is 13.6 Å². The van der Waals surface area contributed by atoms with Gasteiger partial charge >= 0.3 is 0 Å². The highest BCUT2D eigenvalue weighted by molar-refractivity contribution is 7.87. The summed E-state index contributed by atoms with van der Waals surface area (Å²) in [6, 6.07) is 0.0910. The Morgan fingerprint density at radius 1 is 1.33 bits per heavy atom. The molecule has 1 unspecified atom stereocenters. The predicted molar refractivity (Wildman–Crippen MR) is 62.7 cm³/mol. The van der Waals surface area contributed by atoms with E-state index in [1.807, 2.05) is 20.8 Å². The van der Waals surface area contributed by atoms with Crippen molar-refractivity contribution < 1.29 is 8.42 Å². The van der Waals surface area contributed by atoms with Gasteiger partial charge in [0.1, 0.15) is 0 Å². The maximum absolute atomic E-state index is 11.6. The Bertz CT molecular complexity index is 263.